The summed E-state index contributed by atoms with van der Waals surface area (Å²) in [7, 11) is 0. The fourth-order valence-corrected chi connectivity index (χ4v) is 7.33. The van der Waals surface area contributed by atoms with Gasteiger partial charge in [-0.05, 0) is 45.7 Å². The number of aliphatic hydroxyl groups is 2. The van der Waals surface area contributed by atoms with Crippen LogP contribution in [0, 0.1) is 11.3 Å². The van der Waals surface area contributed by atoms with Crippen LogP contribution >= 0.6 is 0 Å². The van der Waals surface area contributed by atoms with Gasteiger partial charge in [0, 0.05) is 13.8 Å². The molecule has 228 valence electrons. The molecule has 8 atom stereocenters. The highest BCUT2D eigenvalue weighted by Crippen LogP contribution is 2.68. The molecule has 1 unspecified atom stereocenters. The summed E-state index contributed by atoms with van der Waals surface area (Å²) in [5, 5.41) is 24.2. The standard InChI is InChI=1S/C29H34O13/c1-15(30)38-14-28-19(40-24(33)17-7-10-36-12-17)6-9-27(5,35)29(28)22(32)20(26(3,4)42-29)21(39-16(2)31)23(28)41-25(34)18-8-11-37-13-18/h7-8,10-13,19-23,32,35H,6,9,14H2,1-5H3/t19-,20+,21+,22?,23+,27-,28-,29-/m0/s1. The van der Waals surface area contributed by atoms with Crippen LogP contribution in [0.15, 0.2) is 46.0 Å². The minimum absolute atomic E-state index is 0.0152. The van der Waals surface area contributed by atoms with Crippen LogP contribution in [0.3, 0.4) is 0 Å². The zero-order valence-electron chi connectivity index (χ0n) is 23.9. The van der Waals surface area contributed by atoms with Crippen molar-refractivity contribution in [1.82, 2.24) is 0 Å². The fraction of sp³-hybridized carbons (Fsp3) is 0.586. The summed E-state index contributed by atoms with van der Waals surface area (Å²) in [6.07, 6.45) is -1.02. The lowest BCUT2D eigenvalue weighted by Gasteiger charge is -2.65. The van der Waals surface area contributed by atoms with Crippen LogP contribution < -0.4 is 0 Å². The maximum atomic E-state index is 13.5. The van der Waals surface area contributed by atoms with E-state index >= 15 is 0 Å². The molecule has 13 nitrogen and oxygen atoms in total. The predicted octanol–water partition coefficient (Wildman–Crippen LogP) is 2.19. The molecule has 1 aliphatic heterocycles. The van der Waals surface area contributed by atoms with Gasteiger partial charge < -0.3 is 42.7 Å². The maximum absolute atomic E-state index is 13.5. The molecule has 2 aliphatic carbocycles. The molecule has 2 N–H and O–H groups in total. The van der Waals surface area contributed by atoms with Crippen molar-refractivity contribution in [2.45, 2.75) is 88.7 Å². The highest BCUT2D eigenvalue weighted by atomic mass is 16.6. The van der Waals surface area contributed by atoms with Gasteiger partial charge >= 0.3 is 23.9 Å². The molecular weight excluding hydrogens is 556 g/mol. The van der Waals surface area contributed by atoms with Gasteiger partial charge in [0.1, 0.15) is 42.4 Å². The van der Waals surface area contributed by atoms with Gasteiger partial charge in [-0.2, -0.15) is 0 Å². The topological polar surface area (TPSA) is 181 Å². The Bertz CT molecular complexity index is 1340. The van der Waals surface area contributed by atoms with E-state index in [9.17, 15) is 29.4 Å². The van der Waals surface area contributed by atoms with Gasteiger partial charge in [-0.25, -0.2) is 9.59 Å². The van der Waals surface area contributed by atoms with Crippen molar-refractivity contribution < 1.29 is 61.9 Å². The van der Waals surface area contributed by atoms with Crippen LogP contribution in [-0.2, 0) is 33.3 Å². The number of carbonyl (C=O) groups excluding carboxylic acids is 4. The van der Waals surface area contributed by atoms with Gasteiger partial charge in [0.15, 0.2) is 6.10 Å². The Kier molecular flexibility index (Phi) is 7.27. The molecule has 3 aliphatic rings. The number of ether oxygens (including phenoxy) is 5. The van der Waals surface area contributed by atoms with Crippen molar-refractivity contribution in [3.63, 3.8) is 0 Å². The van der Waals surface area contributed by atoms with E-state index in [1.807, 2.05) is 0 Å². The van der Waals surface area contributed by atoms with Crippen molar-refractivity contribution in [3.8, 4) is 0 Å². The third kappa shape index (κ3) is 4.33. The van der Waals surface area contributed by atoms with Crippen molar-refractivity contribution in [3.05, 3.63) is 48.3 Å². The molecule has 3 fully saturated rings. The molecule has 2 bridgehead atoms. The molecule has 42 heavy (non-hydrogen) atoms. The summed E-state index contributed by atoms with van der Waals surface area (Å²) >= 11 is 0. The Morgan fingerprint density at radius 2 is 1.52 bits per heavy atom. The van der Waals surface area contributed by atoms with Crippen molar-refractivity contribution in [2.24, 2.45) is 11.3 Å². The van der Waals surface area contributed by atoms with E-state index in [0.717, 1.165) is 20.1 Å². The van der Waals surface area contributed by atoms with Gasteiger partial charge in [0.05, 0.1) is 46.9 Å². The van der Waals surface area contributed by atoms with Gasteiger partial charge in [-0.1, -0.05) is 0 Å². The molecule has 0 aromatic carbocycles. The molecule has 13 heteroatoms. The molecule has 0 amide bonds. The smallest absolute Gasteiger partial charge is 0.341 e. The SMILES string of the molecule is CC(=O)OC[C@@]12[C@@H](OC(=O)c3ccoc3)CC[C@](C)(O)[C@]13OC(C)(C)[C@@H](C3O)[C@@H](OC(C)=O)[C@H]2OC(=O)c1ccoc1. The Morgan fingerprint density at radius 1 is 0.929 bits per heavy atom. The van der Waals surface area contributed by atoms with E-state index in [4.69, 9.17) is 32.5 Å². The highest BCUT2D eigenvalue weighted by Gasteiger charge is 2.86. The molecule has 0 radical (unpaired) electrons. The molecule has 1 saturated heterocycles. The van der Waals surface area contributed by atoms with Gasteiger partial charge in [0.25, 0.3) is 0 Å². The zero-order chi connectivity index (χ0) is 30.7. The summed E-state index contributed by atoms with van der Waals surface area (Å²) in [5.41, 5.74) is -7.11. The first kappa shape index (κ1) is 29.8. The van der Waals surface area contributed by atoms with E-state index in [2.05, 4.69) is 0 Å². The minimum Gasteiger partial charge on any atom is -0.472 e. The number of hydrogen-bond acceptors (Lipinski definition) is 13. The maximum Gasteiger partial charge on any atom is 0.341 e. The van der Waals surface area contributed by atoms with Crippen molar-refractivity contribution in [2.75, 3.05) is 6.61 Å². The number of hydrogen-bond donors (Lipinski definition) is 2. The van der Waals surface area contributed by atoms with E-state index in [1.54, 1.807) is 13.8 Å². The second-order valence-corrected chi connectivity index (χ2v) is 11.9. The first-order chi connectivity index (χ1) is 19.7. The van der Waals surface area contributed by atoms with Crippen LogP contribution in [0.25, 0.3) is 0 Å². The minimum atomic E-state index is -2.05. The Labute approximate surface area is 241 Å². The molecular formula is C29H34O13. The third-order valence-electron chi connectivity index (χ3n) is 8.92. The molecule has 2 aromatic rings. The summed E-state index contributed by atoms with van der Waals surface area (Å²) in [5.74, 6) is -4.28. The lowest BCUT2D eigenvalue weighted by atomic mass is 9.46. The number of carbonyl (C=O) groups is 4. The first-order valence-corrected chi connectivity index (χ1v) is 13.6. The van der Waals surface area contributed by atoms with Crippen LogP contribution in [0.2, 0.25) is 0 Å². The van der Waals surface area contributed by atoms with Gasteiger partial charge in [0.2, 0.25) is 0 Å². The van der Waals surface area contributed by atoms with Crippen molar-refractivity contribution >= 4 is 23.9 Å². The number of aliphatic hydroxyl groups excluding tert-OH is 1. The molecule has 5 rings (SSSR count). The average Bonchev–Trinajstić information content (AvgIpc) is 3.64. The summed E-state index contributed by atoms with van der Waals surface area (Å²) in [6, 6.07) is 2.74. The number of esters is 4. The normalized spacial score (nSPS) is 36.4. The van der Waals surface area contributed by atoms with Crippen molar-refractivity contribution in [1.29, 1.82) is 0 Å². The zero-order valence-corrected chi connectivity index (χ0v) is 23.9. The highest BCUT2D eigenvalue weighted by molar-refractivity contribution is 5.90. The summed E-state index contributed by atoms with van der Waals surface area (Å²) in [6.45, 7) is 6.38. The quantitative estimate of drug-likeness (QED) is 0.354. The third-order valence-corrected chi connectivity index (χ3v) is 8.92. The Hall–Kier alpha value is -3.68. The first-order valence-electron chi connectivity index (χ1n) is 13.6. The van der Waals surface area contributed by atoms with Gasteiger partial charge in [-0.3, -0.25) is 9.59 Å². The van der Waals surface area contributed by atoms with Crippen LogP contribution in [-0.4, -0.2) is 81.9 Å². The molecule has 3 heterocycles. The second kappa shape index (κ2) is 10.2. The number of rotatable bonds is 7. The lowest BCUT2D eigenvalue weighted by Crippen LogP contribution is -2.83. The molecule has 2 saturated carbocycles. The van der Waals surface area contributed by atoms with E-state index in [1.165, 1.54) is 37.8 Å². The monoisotopic (exact) mass is 590 g/mol. The summed E-state index contributed by atoms with van der Waals surface area (Å²) < 4.78 is 40.1. The van der Waals surface area contributed by atoms with E-state index in [-0.39, 0.29) is 24.0 Å². The van der Waals surface area contributed by atoms with Crippen LogP contribution in [0.1, 0.15) is 68.2 Å². The predicted molar refractivity (Wildman–Crippen MR) is 138 cm³/mol. The summed E-state index contributed by atoms with van der Waals surface area (Å²) in [4.78, 5) is 51.6. The van der Waals surface area contributed by atoms with E-state index < -0.39 is 83.0 Å². The number of fused-ring (bicyclic) bond motifs is 1. The molecule has 1 spiro atoms. The second-order valence-electron chi connectivity index (χ2n) is 11.9. The largest absolute Gasteiger partial charge is 0.472 e. The number of furan rings is 2. The van der Waals surface area contributed by atoms with E-state index in [0.29, 0.717) is 0 Å². The lowest BCUT2D eigenvalue weighted by molar-refractivity contribution is -0.346. The van der Waals surface area contributed by atoms with Crippen LogP contribution in [0.4, 0.5) is 0 Å². The molecule has 2 aromatic heterocycles. The fourth-order valence-electron chi connectivity index (χ4n) is 7.33. The van der Waals surface area contributed by atoms with Crippen LogP contribution in [0.5, 0.6) is 0 Å². The average molecular weight is 591 g/mol. The van der Waals surface area contributed by atoms with Gasteiger partial charge in [-0.15, -0.1) is 0 Å². The Balaban J connectivity index is 1.78. The Morgan fingerprint density at radius 3 is 2.05 bits per heavy atom.